The molecule has 2 rings (SSSR count). The van der Waals surface area contributed by atoms with Crippen LogP contribution >= 0.6 is 24.0 Å². The summed E-state index contributed by atoms with van der Waals surface area (Å²) in [5, 5.41) is 1.32. The number of thiazole rings is 1. The molecule has 0 bridgehead atoms. The summed E-state index contributed by atoms with van der Waals surface area (Å²) in [5.74, 6) is 0.735. The third kappa shape index (κ3) is 2.08. The lowest BCUT2D eigenvalue weighted by Gasteiger charge is -2.18. The van der Waals surface area contributed by atoms with Gasteiger partial charge in [-0.15, -0.1) is 24.0 Å². The van der Waals surface area contributed by atoms with Crippen LogP contribution in [0, 0.1) is 6.92 Å². The van der Waals surface area contributed by atoms with Gasteiger partial charge in [0.05, 0.1) is 14.9 Å². The minimum absolute atomic E-state index is 0.735. The Morgan fingerprint density at radius 1 is 1.31 bits per heavy atom. The van der Waals surface area contributed by atoms with Gasteiger partial charge in [-0.1, -0.05) is 19.3 Å². The lowest BCUT2D eigenvalue weighted by Crippen LogP contribution is -2.03. The number of rotatable bonds is 1. The van der Waals surface area contributed by atoms with Crippen LogP contribution in [0.2, 0.25) is 0 Å². The van der Waals surface area contributed by atoms with E-state index in [2.05, 4.69) is 17.6 Å². The van der Waals surface area contributed by atoms with E-state index in [9.17, 15) is 0 Å². The third-order valence-electron chi connectivity index (χ3n) is 2.74. The highest BCUT2D eigenvalue weighted by Gasteiger charge is 2.19. The summed E-state index contributed by atoms with van der Waals surface area (Å²) in [6.45, 7) is 2.05. The van der Waals surface area contributed by atoms with Crippen LogP contribution in [-0.4, -0.2) is 4.98 Å². The number of nitrogens with zero attached hydrogens (tertiary/aromatic N) is 1. The van der Waals surface area contributed by atoms with Gasteiger partial charge >= 0.3 is 0 Å². The van der Waals surface area contributed by atoms with E-state index in [0.29, 0.717) is 0 Å². The first-order valence-electron chi connectivity index (χ1n) is 4.93. The number of aryl methyl sites for hydroxylation is 1. The predicted molar refractivity (Wildman–Crippen MR) is 59.9 cm³/mol. The van der Waals surface area contributed by atoms with Crippen LogP contribution in [0.3, 0.4) is 0 Å². The zero-order valence-corrected chi connectivity index (χ0v) is 9.63. The molecule has 1 aromatic heterocycles. The Bertz CT molecular complexity index is 268. The molecular formula is C10H15NS2. The molecule has 1 fully saturated rings. The van der Waals surface area contributed by atoms with Gasteiger partial charge in [0.15, 0.2) is 0 Å². The van der Waals surface area contributed by atoms with Crippen LogP contribution in [0.25, 0.3) is 0 Å². The highest BCUT2D eigenvalue weighted by Crippen LogP contribution is 2.36. The zero-order valence-electron chi connectivity index (χ0n) is 7.92. The summed E-state index contributed by atoms with van der Waals surface area (Å²) < 4.78 is 1.10. The van der Waals surface area contributed by atoms with Crippen LogP contribution in [0.4, 0.5) is 0 Å². The average Bonchev–Trinajstić information content (AvgIpc) is 2.49. The van der Waals surface area contributed by atoms with E-state index >= 15 is 0 Å². The van der Waals surface area contributed by atoms with E-state index in [1.165, 1.54) is 37.1 Å². The Morgan fingerprint density at radius 3 is 2.54 bits per heavy atom. The van der Waals surface area contributed by atoms with Gasteiger partial charge in [0.25, 0.3) is 0 Å². The number of aromatic nitrogens is 1. The zero-order chi connectivity index (χ0) is 9.26. The second kappa shape index (κ2) is 4.01. The Morgan fingerprint density at radius 2 is 2.00 bits per heavy atom. The van der Waals surface area contributed by atoms with Crippen molar-refractivity contribution in [2.45, 2.75) is 49.2 Å². The molecule has 13 heavy (non-hydrogen) atoms. The first-order valence-corrected chi connectivity index (χ1v) is 6.20. The fourth-order valence-electron chi connectivity index (χ4n) is 1.93. The fraction of sp³-hybridized carbons (Fsp3) is 0.700. The van der Waals surface area contributed by atoms with Gasteiger partial charge in [-0.2, -0.15) is 0 Å². The highest BCUT2D eigenvalue weighted by molar-refractivity contribution is 7.82. The maximum atomic E-state index is 4.58. The molecule has 0 unspecified atom stereocenters. The Balaban J connectivity index is 2.14. The van der Waals surface area contributed by atoms with Crippen LogP contribution in [0.1, 0.15) is 48.7 Å². The van der Waals surface area contributed by atoms with Crippen molar-refractivity contribution in [3.63, 3.8) is 0 Å². The fourth-order valence-corrected chi connectivity index (χ4v) is 3.24. The number of hydrogen-bond donors (Lipinski definition) is 1. The smallest absolute Gasteiger partial charge is 0.0970 e. The summed E-state index contributed by atoms with van der Waals surface area (Å²) in [6, 6.07) is 0. The molecule has 0 amide bonds. The van der Waals surface area contributed by atoms with Crippen LogP contribution < -0.4 is 0 Å². The van der Waals surface area contributed by atoms with Gasteiger partial charge in [-0.3, -0.25) is 0 Å². The first-order chi connectivity index (χ1) is 6.27. The Kier molecular flexibility index (Phi) is 2.94. The lowest BCUT2D eigenvalue weighted by atomic mass is 9.90. The molecule has 1 aliphatic carbocycles. The minimum Gasteiger partial charge on any atom is -0.245 e. The van der Waals surface area contributed by atoms with Crippen molar-refractivity contribution >= 4 is 24.0 Å². The Hall–Kier alpha value is -0.0200. The van der Waals surface area contributed by atoms with Gasteiger partial charge < -0.3 is 0 Å². The van der Waals surface area contributed by atoms with Gasteiger partial charge in [0.1, 0.15) is 0 Å². The van der Waals surface area contributed by atoms with Crippen LogP contribution in [0.5, 0.6) is 0 Å². The van der Waals surface area contributed by atoms with Crippen molar-refractivity contribution < 1.29 is 0 Å². The summed E-state index contributed by atoms with van der Waals surface area (Å²) in [4.78, 5) is 4.58. The molecule has 3 heteroatoms. The largest absolute Gasteiger partial charge is 0.245 e. The topological polar surface area (TPSA) is 12.9 Å². The van der Waals surface area contributed by atoms with Crippen molar-refractivity contribution in [1.82, 2.24) is 4.98 Å². The highest BCUT2D eigenvalue weighted by atomic mass is 32.2. The van der Waals surface area contributed by atoms with E-state index in [4.69, 9.17) is 0 Å². The molecule has 0 aliphatic heterocycles. The van der Waals surface area contributed by atoms with Crippen LogP contribution in [-0.2, 0) is 0 Å². The summed E-state index contributed by atoms with van der Waals surface area (Å²) >= 11 is 6.17. The molecule has 0 radical (unpaired) electrons. The molecule has 0 aromatic carbocycles. The quantitative estimate of drug-likeness (QED) is 0.700. The number of hydrogen-bond acceptors (Lipinski definition) is 3. The molecule has 0 spiro atoms. The molecule has 0 N–H and O–H groups in total. The minimum atomic E-state index is 0.735. The Labute approximate surface area is 89.0 Å². The van der Waals surface area contributed by atoms with Crippen LogP contribution in [0.15, 0.2) is 4.21 Å². The normalized spacial score (nSPS) is 19.2. The average molecular weight is 213 g/mol. The van der Waals surface area contributed by atoms with Crippen molar-refractivity contribution in [3.05, 3.63) is 10.7 Å². The van der Waals surface area contributed by atoms with E-state index in [0.717, 1.165) is 15.8 Å². The van der Waals surface area contributed by atoms with E-state index in [1.54, 1.807) is 11.3 Å². The van der Waals surface area contributed by atoms with E-state index < -0.39 is 0 Å². The molecular weight excluding hydrogens is 198 g/mol. The number of thiol groups is 1. The molecule has 1 heterocycles. The van der Waals surface area contributed by atoms with Crippen molar-refractivity contribution in [1.29, 1.82) is 0 Å². The van der Waals surface area contributed by atoms with Crippen molar-refractivity contribution in [2.75, 3.05) is 0 Å². The second-order valence-corrected chi connectivity index (χ2v) is 5.56. The van der Waals surface area contributed by atoms with Gasteiger partial charge in [-0.05, 0) is 19.8 Å². The summed E-state index contributed by atoms with van der Waals surface area (Å²) in [7, 11) is 0. The SMILES string of the molecule is Cc1nc(C2CCCCC2)sc1S. The molecule has 72 valence electrons. The summed E-state index contributed by atoms with van der Waals surface area (Å²) in [5.41, 5.74) is 1.11. The van der Waals surface area contributed by atoms with E-state index in [1.807, 2.05) is 6.92 Å². The molecule has 0 atom stereocenters. The standard InChI is InChI=1S/C10H15NS2/c1-7-10(12)13-9(11-7)8-5-3-2-4-6-8/h8,12H,2-6H2,1H3. The van der Waals surface area contributed by atoms with Gasteiger partial charge in [-0.25, -0.2) is 4.98 Å². The predicted octanol–water partition coefficient (Wildman–Crippen LogP) is 3.79. The maximum absolute atomic E-state index is 4.58. The molecule has 0 saturated heterocycles. The second-order valence-electron chi connectivity index (χ2n) is 3.78. The lowest BCUT2D eigenvalue weighted by molar-refractivity contribution is 0.442. The molecule has 1 nitrogen and oxygen atoms in total. The molecule has 1 saturated carbocycles. The summed E-state index contributed by atoms with van der Waals surface area (Å²) in [6.07, 6.45) is 6.84. The van der Waals surface area contributed by atoms with Crippen molar-refractivity contribution in [2.24, 2.45) is 0 Å². The van der Waals surface area contributed by atoms with E-state index in [-0.39, 0.29) is 0 Å². The molecule has 1 aromatic rings. The van der Waals surface area contributed by atoms with Gasteiger partial charge in [0, 0.05) is 5.92 Å². The first kappa shape index (κ1) is 9.53. The maximum Gasteiger partial charge on any atom is 0.0970 e. The molecule has 1 aliphatic rings. The van der Waals surface area contributed by atoms with Crippen molar-refractivity contribution in [3.8, 4) is 0 Å². The third-order valence-corrected chi connectivity index (χ3v) is 4.46. The van der Waals surface area contributed by atoms with Gasteiger partial charge in [0.2, 0.25) is 0 Å². The monoisotopic (exact) mass is 213 g/mol.